The van der Waals surface area contributed by atoms with Crippen LogP contribution < -0.4 is 26.1 Å². The van der Waals surface area contributed by atoms with Crippen molar-refractivity contribution in [3.05, 3.63) is 58.8 Å². The normalized spacial score (nSPS) is 14.1. The number of aromatic nitrogens is 6. The number of methoxy groups -OCH3 is 2. The predicted molar refractivity (Wildman–Crippen MR) is 131 cm³/mol. The van der Waals surface area contributed by atoms with Crippen LogP contribution in [0.3, 0.4) is 0 Å². The van der Waals surface area contributed by atoms with Gasteiger partial charge in [0.2, 0.25) is 0 Å². The molecule has 0 unspecified atom stereocenters. The smallest absolute Gasteiger partial charge is 0.271 e. The molecule has 11 nitrogen and oxygen atoms in total. The Hall–Kier alpha value is -4.39. The number of ether oxygens (including phenoxy) is 2. The van der Waals surface area contributed by atoms with E-state index < -0.39 is 22.9 Å². The fourth-order valence-corrected chi connectivity index (χ4v) is 4.22. The maximum Gasteiger partial charge on any atom is 0.271 e. The number of nitrogens with one attached hydrogen (secondary N) is 1. The molecule has 4 heterocycles. The summed E-state index contributed by atoms with van der Waals surface area (Å²) in [7, 11) is 2.42. The monoisotopic (exact) mass is 510 g/mol. The average molecular weight is 511 g/mol. The third kappa shape index (κ3) is 4.48. The van der Waals surface area contributed by atoms with Crippen LogP contribution >= 0.6 is 0 Å². The molecular formula is C24H24F2N8O3. The van der Waals surface area contributed by atoms with Crippen LogP contribution in [0.1, 0.15) is 18.9 Å². The zero-order valence-electron chi connectivity index (χ0n) is 20.1. The van der Waals surface area contributed by atoms with Crippen molar-refractivity contribution < 1.29 is 18.3 Å². The molecule has 3 N–H and O–H groups in total. The molecule has 3 aromatic heterocycles. The summed E-state index contributed by atoms with van der Waals surface area (Å²) in [5.74, 6) is -2.86. The summed E-state index contributed by atoms with van der Waals surface area (Å²) in [6, 6.07) is 3.79. The Bertz CT molecular complexity index is 1490. The van der Waals surface area contributed by atoms with Crippen molar-refractivity contribution in [3.63, 3.8) is 0 Å². The molecule has 5 rings (SSSR count). The van der Waals surface area contributed by atoms with Crippen LogP contribution in [-0.4, -0.2) is 56.8 Å². The maximum atomic E-state index is 15.1. The van der Waals surface area contributed by atoms with Gasteiger partial charge < -0.3 is 20.5 Å². The van der Waals surface area contributed by atoms with E-state index >= 15 is 8.78 Å². The van der Waals surface area contributed by atoms with Crippen LogP contribution in [0, 0.1) is 11.6 Å². The number of hydrogen-bond acceptors (Lipinski definition) is 9. The second-order valence-electron chi connectivity index (χ2n) is 8.41. The molecule has 0 atom stereocenters. The van der Waals surface area contributed by atoms with Crippen LogP contribution in [0.15, 0.2) is 41.6 Å². The van der Waals surface area contributed by atoms with Crippen molar-refractivity contribution in [1.29, 1.82) is 0 Å². The Kier molecular flexibility index (Phi) is 6.53. The van der Waals surface area contributed by atoms with Crippen LogP contribution in [0.2, 0.25) is 0 Å². The van der Waals surface area contributed by atoms with Gasteiger partial charge in [-0.1, -0.05) is 0 Å². The van der Waals surface area contributed by atoms with Gasteiger partial charge in [-0.25, -0.2) is 18.7 Å². The summed E-state index contributed by atoms with van der Waals surface area (Å²) < 4.78 is 42.6. The van der Waals surface area contributed by atoms with E-state index in [0.717, 1.165) is 43.6 Å². The van der Waals surface area contributed by atoms with Crippen LogP contribution in [-0.2, 0) is 0 Å². The molecule has 0 radical (unpaired) electrons. The minimum absolute atomic E-state index is 0.0244. The van der Waals surface area contributed by atoms with Gasteiger partial charge in [-0.3, -0.25) is 9.48 Å². The molecule has 0 aliphatic carbocycles. The standard InChI is InChI=1S/C24H24F2N8O3/c1-36-17-9-18(37-2)21(26)23(20(17)25)34-19(35)4-3-15(32-34)22-24(27)29-11-16(31-22)13-10-30-33(12-13)14-5-7-28-8-6-14/h3-4,9-12,14,28H,5-8H2,1-2H3,(H2,27,29). The fraction of sp³-hybridized carbons (Fsp3) is 0.292. The zero-order valence-corrected chi connectivity index (χ0v) is 20.1. The first-order valence-electron chi connectivity index (χ1n) is 11.5. The first-order valence-corrected chi connectivity index (χ1v) is 11.5. The Morgan fingerprint density at radius 1 is 1.05 bits per heavy atom. The van der Waals surface area contributed by atoms with Gasteiger partial charge in [-0.15, -0.1) is 0 Å². The van der Waals surface area contributed by atoms with Gasteiger partial charge in [0.15, 0.2) is 29.0 Å². The minimum atomic E-state index is -1.12. The minimum Gasteiger partial charge on any atom is -0.493 e. The van der Waals surface area contributed by atoms with Gasteiger partial charge in [0.1, 0.15) is 17.1 Å². The summed E-state index contributed by atoms with van der Waals surface area (Å²) in [6.45, 7) is 1.85. The summed E-state index contributed by atoms with van der Waals surface area (Å²) >= 11 is 0. The number of anilines is 1. The topological polar surface area (TPSA) is 135 Å². The van der Waals surface area contributed by atoms with E-state index in [9.17, 15) is 4.79 Å². The molecule has 0 spiro atoms. The van der Waals surface area contributed by atoms with Crippen molar-refractivity contribution in [3.8, 4) is 39.8 Å². The number of rotatable bonds is 6. The summed E-state index contributed by atoms with van der Waals surface area (Å²) in [5, 5.41) is 12.0. The van der Waals surface area contributed by atoms with Crippen LogP contribution in [0.4, 0.5) is 14.6 Å². The van der Waals surface area contributed by atoms with E-state index in [1.807, 2.05) is 10.9 Å². The molecule has 4 aromatic rings. The number of hydrogen-bond donors (Lipinski definition) is 2. The second kappa shape index (κ2) is 9.93. The molecule has 192 valence electrons. The number of halogens is 2. The summed E-state index contributed by atoms with van der Waals surface area (Å²) in [5.41, 5.74) is 5.95. The van der Waals surface area contributed by atoms with E-state index in [1.165, 1.54) is 26.5 Å². The molecule has 1 saturated heterocycles. The number of nitrogens with zero attached hydrogens (tertiary/aromatic N) is 6. The number of nitrogens with two attached hydrogens (primary N) is 1. The molecule has 1 aliphatic heterocycles. The van der Waals surface area contributed by atoms with Crippen LogP contribution in [0.5, 0.6) is 11.5 Å². The van der Waals surface area contributed by atoms with Gasteiger partial charge in [0.25, 0.3) is 5.56 Å². The highest BCUT2D eigenvalue weighted by Gasteiger charge is 2.24. The lowest BCUT2D eigenvalue weighted by Gasteiger charge is -2.22. The molecule has 37 heavy (non-hydrogen) atoms. The molecule has 1 aliphatic rings. The van der Waals surface area contributed by atoms with E-state index in [0.29, 0.717) is 10.4 Å². The number of benzene rings is 1. The Morgan fingerprint density at radius 3 is 2.43 bits per heavy atom. The van der Waals surface area contributed by atoms with Gasteiger partial charge in [-0.2, -0.15) is 14.9 Å². The lowest BCUT2D eigenvalue weighted by molar-refractivity contribution is 0.343. The molecule has 0 saturated carbocycles. The maximum absolute atomic E-state index is 15.1. The molecule has 13 heteroatoms. The Labute approximate surface area is 209 Å². The average Bonchev–Trinajstić information content (AvgIpc) is 3.41. The van der Waals surface area contributed by atoms with Gasteiger partial charge in [-0.05, 0) is 32.0 Å². The summed E-state index contributed by atoms with van der Waals surface area (Å²) in [4.78, 5) is 21.4. The number of piperidine rings is 1. The number of nitrogen functional groups attached to an aromatic ring is 1. The van der Waals surface area contributed by atoms with Crippen molar-refractivity contribution in [2.45, 2.75) is 18.9 Å². The predicted octanol–water partition coefficient (Wildman–Crippen LogP) is 2.36. The Morgan fingerprint density at radius 2 is 1.76 bits per heavy atom. The van der Waals surface area contributed by atoms with Gasteiger partial charge in [0, 0.05) is 23.9 Å². The van der Waals surface area contributed by atoms with E-state index in [-0.39, 0.29) is 34.7 Å². The van der Waals surface area contributed by atoms with Crippen LogP contribution in [0.25, 0.3) is 28.3 Å². The van der Waals surface area contributed by atoms with Gasteiger partial charge in [0.05, 0.1) is 38.3 Å². The van der Waals surface area contributed by atoms with E-state index in [2.05, 4.69) is 25.5 Å². The van der Waals surface area contributed by atoms with E-state index in [1.54, 1.807) is 6.20 Å². The fourth-order valence-electron chi connectivity index (χ4n) is 4.22. The quantitative estimate of drug-likeness (QED) is 0.401. The first kappa shape index (κ1) is 24.3. The Balaban J connectivity index is 1.58. The lowest BCUT2D eigenvalue weighted by Crippen LogP contribution is -2.29. The third-order valence-corrected chi connectivity index (χ3v) is 6.19. The first-order chi connectivity index (χ1) is 17.9. The third-order valence-electron chi connectivity index (χ3n) is 6.19. The molecule has 1 fully saturated rings. The van der Waals surface area contributed by atoms with E-state index in [4.69, 9.17) is 15.2 Å². The van der Waals surface area contributed by atoms with Crippen molar-refractivity contribution >= 4 is 5.82 Å². The summed E-state index contributed by atoms with van der Waals surface area (Å²) in [6.07, 6.45) is 7.01. The molecule has 1 aromatic carbocycles. The largest absolute Gasteiger partial charge is 0.493 e. The lowest BCUT2D eigenvalue weighted by atomic mass is 10.1. The highest BCUT2D eigenvalue weighted by molar-refractivity contribution is 5.70. The molecule has 0 amide bonds. The van der Waals surface area contributed by atoms with Crippen molar-refractivity contribution in [2.75, 3.05) is 33.0 Å². The molecular weight excluding hydrogens is 486 g/mol. The zero-order chi connectivity index (χ0) is 26.1. The highest BCUT2D eigenvalue weighted by Crippen LogP contribution is 2.33. The molecule has 0 bridgehead atoms. The SMILES string of the molecule is COc1cc(OC)c(F)c(-n2nc(-c3nc(-c4cnn(C5CCNCC5)c4)cnc3N)ccc2=O)c1F. The second-order valence-corrected chi connectivity index (χ2v) is 8.41. The van der Waals surface area contributed by atoms with Crippen molar-refractivity contribution in [2.24, 2.45) is 0 Å². The van der Waals surface area contributed by atoms with Gasteiger partial charge >= 0.3 is 0 Å². The highest BCUT2D eigenvalue weighted by atomic mass is 19.1. The van der Waals surface area contributed by atoms with Crippen molar-refractivity contribution in [1.82, 2.24) is 34.8 Å².